The molecule has 1 aromatic carbocycles. The Morgan fingerprint density at radius 1 is 1.55 bits per heavy atom. The Kier molecular flexibility index (Phi) is 4.31. The summed E-state index contributed by atoms with van der Waals surface area (Å²) in [5.41, 5.74) is 0.922. The number of hydrogen-bond donors (Lipinski definition) is 2. The average molecular weight is 314 g/mol. The molecule has 0 aliphatic carbocycles. The van der Waals surface area contributed by atoms with E-state index in [1.165, 1.54) is 23.5 Å². The molecular formula is C12H9ClFN3O2S. The predicted octanol–water partition coefficient (Wildman–Crippen LogP) is 3.39. The van der Waals surface area contributed by atoms with E-state index in [4.69, 9.17) is 16.8 Å². The van der Waals surface area contributed by atoms with Crippen LogP contribution in [0, 0.1) is 5.82 Å². The monoisotopic (exact) mass is 313 g/mol. The standard InChI is InChI=1S/C12H9ClFN3O2S/c1-6(17-19)10-5-20-12(15-10)16-11(18)7-2-3-8(13)9(14)4-7/h2-5,19H,1H3,(H,15,16,18)/b17-6-. The van der Waals surface area contributed by atoms with Gasteiger partial charge in [-0.3, -0.25) is 10.1 Å². The summed E-state index contributed by atoms with van der Waals surface area (Å²) in [5.74, 6) is -1.16. The zero-order valence-corrected chi connectivity index (χ0v) is 11.8. The minimum atomic E-state index is -0.664. The fraction of sp³-hybridized carbons (Fsp3) is 0.0833. The van der Waals surface area contributed by atoms with Crippen LogP contribution in [0.1, 0.15) is 23.0 Å². The molecule has 0 fully saturated rings. The van der Waals surface area contributed by atoms with Gasteiger partial charge in [0.1, 0.15) is 17.2 Å². The number of oxime groups is 1. The molecule has 1 aromatic heterocycles. The number of anilines is 1. The van der Waals surface area contributed by atoms with Crippen LogP contribution < -0.4 is 5.32 Å². The number of thiazole rings is 1. The summed E-state index contributed by atoms with van der Waals surface area (Å²) in [6.07, 6.45) is 0. The molecule has 0 saturated heterocycles. The predicted molar refractivity (Wildman–Crippen MR) is 75.5 cm³/mol. The highest BCUT2D eigenvalue weighted by molar-refractivity contribution is 7.14. The Labute approximate surface area is 122 Å². The van der Waals surface area contributed by atoms with Crippen molar-refractivity contribution < 1.29 is 14.4 Å². The number of carbonyl (C=O) groups excluding carboxylic acids is 1. The van der Waals surface area contributed by atoms with E-state index in [1.807, 2.05) is 0 Å². The van der Waals surface area contributed by atoms with Crippen LogP contribution in [0.3, 0.4) is 0 Å². The van der Waals surface area contributed by atoms with Gasteiger partial charge < -0.3 is 5.21 Å². The largest absolute Gasteiger partial charge is 0.411 e. The second-order valence-electron chi connectivity index (χ2n) is 3.81. The first-order valence-electron chi connectivity index (χ1n) is 5.42. The lowest BCUT2D eigenvalue weighted by atomic mass is 10.2. The highest BCUT2D eigenvalue weighted by atomic mass is 35.5. The molecule has 8 heteroatoms. The molecule has 2 rings (SSSR count). The van der Waals surface area contributed by atoms with Crippen LogP contribution >= 0.6 is 22.9 Å². The van der Waals surface area contributed by atoms with Crippen molar-refractivity contribution in [2.45, 2.75) is 6.92 Å². The molecule has 1 heterocycles. The topological polar surface area (TPSA) is 74.6 Å². The number of amides is 1. The maximum atomic E-state index is 13.3. The van der Waals surface area contributed by atoms with E-state index in [0.717, 1.165) is 6.07 Å². The van der Waals surface area contributed by atoms with Gasteiger partial charge in [0.15, 0.2) is 5.13 Å². The SMILES string of the molecule is C/C(=N/O)c1csc(NC(=O)c2ccc(Cl)c(F)c2)n1. The van der Waals surface area contributed by atoms with Crippen molar-refractivity contribution in [2.24, 2.45) is 5.16 Å². The Balaban J connectivity index is 2.15. The van der Waals surface area contributed by atoms with Crippen LogP contribution in [0.15, 0.2) is 28.7 Å². The summed E-state index contributed by atoms with van der Waals surface area (Å²) in [6, 6.07) is 3.77. The number of aromatic nitrogens is 1. The van der Waals surface area contributed by atoms with E-state index in [9.17, 15) is 9.18 Å². The van der Waals surface area contributed by atoms with Crippen molar-refractivity contribution in [3.05, 3.63) is 45.7 Å². The lowest BCUT2D eigenvalue weighted by Gasteiger charge is -2.02. The summed E-state index contributed by atoms with van der Waals surface area (Å²) in [4.78, 5) is 16.0. The molecule has 2 N–H and O–H groups in total. The van der Waals surface area contributed by atoms with Crippen LogP contribution in [0.2, 0.25) is 5.02 Å². The molecule has 0 bridgehead atoms. The van der Waals surface area contributed by atoms with Gasteiger partial charge in [0.25, 0.3) is 5.91 Å². The van der Waals surface area contributed by atoms with E-state index in [2.05, 4.69) is 15.5 Å². The Morgan fingerprint density at radius 2 is 2.30 bits per heavy atom. The number of nitrogens with zero attached hydrogens (tertiary/aromatic N) is 2. The molecule has 1 amide bonds. The third-order valence-electron chi connectivity index (χ3n) is 2.43. The second kappa shape index (κ2) is 5.98. The van der Waals surface area contributed by atoms with Gasteiger partial charge in [0, 0.05) is 10.9 Å². The lowest BCUT2D eigenvalue weighted by molar-refractivity contribution is 0.102. The van der Waals surface area contributed by atoms with E-state index in [1.54, 1.807) is 12.3 Å². The number of rotatable bonds is 3. The molecule has 0 atom stereocenters. The van der Waals surface area contributed by atoms with Crippen LogP contribution in [0.25, 0.3) is 0 Å². The lowest BCUT2D eigenvalue weighted by Crippen LogP contribution is -2.12. The van der Waals surface area contributed by atoms with Crippen LogP contribution in [0.5, 0.6) is 0 Å². The van der Waals surface area contributed by atoms with Crippen molar-refractivity contribution >= 4 is 39.7 Å². The number of hydrogen-bond acceptors (Lipinski definition) is 5. The van der Waals surface area contributed by atoms with E-state index in [-0.39, 0.29) is 10.6 Å². The Bertz CT molecular complexity index is 687. The molecule has 104 valence electrons. The van der Waals surface area contributed by atoms with Crippen molar-refractivity contribution in [1.82, 2.24) is 4.98 Å². The third-order valence-corrected chi connectivity index (χ3v) is 3.49. The molecule has 0 aliphatic rings. The summed E-state index contributed by atoms with van der Waals surface area (Å²) in [6.45, 7) is 1.58. The Hall–Kier alpha value is -1.99. The Morgan fingerprint density at radius 3 is 2.95 bits per heavy atom. The van der Waals surface area contributed by atoms with Gasteiger partial charge in [-0.25, -0.2) is 9.37 Å². The number of halogens is 2. The maximum absolute atomic E-state index is 13.3. The fourth-order valence-corrected chi connectivity index (χ4v) is 2.22. The van der Waals surface area contributed by atoms with Crippen molar-refractivity contribution in [1.29, 1.82) is 0 Å². The summed E-state index contributed by atoms with van der Waals surface area (Å²) in [7, 11) is 0. The third kappa shape index (κ3) is 3.12. The van der Waals surface area contributed by atoms with Gasteiger partial charge in [0.2, 0.25) is 0 Å². The maximum Gasteiger partial charge on any atom is 0.257 e. The summed E-state index contributed by atoms with van der Waals surface area (Å²) >= 11 is 6.71. The van der Waals surface area contributed by atoms with Gasteiger partial charge in [-0.15, -0.1) is 11.3 Å². The van der Waals surface area contributed by atoms with Gasteiger partial charge in [0.05, 0.1) is 5.02 Å². The van der Waals surface area contributed by atoms with Crippen LogP contribution in [-0.4, -0.2) is 21.8 Å². The molecule has 5 nitrogen and oxygen atoms in total. The van der Waals surface area contributed by atoms with Crippen molar-refractivity contribution in [2.75, 3.05) is 5.32 Å². The number of carbonyl (C=O) groups is 1. The molecule has 20 heavy (non-hydrogen) atoms. The minimum absolute atomic E-state index is 0.0483. The van der Waals surface area contributed by atoms with Crippen LogP contribution in [-0.2, 0) is 0 Å². The molecular weight excluding hydrogens is 305 g/mol. The smallest absolute Gasteiger partial charge is 0.257 e. The highest BCUT2D eigenvalue weighted by Crippen LogP contribution is 2.19. The molecule has 0 unspecified atom stereocenters. The quantitative estimate of drug-likeness (QED) is 0.518. The normalized spacial score (nSPS) is 11.4. The van der Waals surface area contributed by atoms with Crippen molar-refractivity contribution in [3.63, 3.8) is 0 Å². The first-order valence-corrected chi connectivity index (χ1v) is 6.68. The number of nitrogens with one attached hydrogen (secondary N) is 1. The van der Waals surface area contributed by atoms with Gasteiger partial charge in [-0.05, 0) is 25.1 Å². The zero-order chi connectivity index (χ0) is 14.7. The molecule has 0 spiro atoms. The van der Waals surface area contributed by atoms with Gasteiger partial charge in [-0.1, -0.05) is 16.8 Å². The molecule has 0 radical (unpaired) electrons. The zero-order valence-electron chi connectivity index (χ0n) is 10.2. The van der Waals surface area contributed by atoms with E-state index in [0.29, 0.717) is 16.5 Å². The van der Waals surface area contributed by atoms with Crippen molar-refractivity contribution in [3.8, 4) is 0 Å². The summed E-state index contributed by atoms with van der Waals surface area (Å²) < 4.78 is 13.3. The van der Waals surface area contributed by atoms with Gasteiger partial charge >= 0.3 is 0 Å². The van der Waals surface area contributed by atoms with Gasteiger partial charge in [-0.2, -0.15) is 0 Å². The minimum Gasteiger partial charge on any atom is -0.411 e. The van der Waals surface area contributed by atoms with Crippen LogP contribution in [0.4, 0.5) is 9.52 Å². The summed E-state index contributed by atoms with van der Waals surface area (Å²) in [5, 5.41) is 16.1. The fourth-order valence-electron chi connectivity index (χ4n) is 1.36. The van der Waals surface area contributed by atoms with E-state index >= 15 is 0 Å². The molecule has 0 aliphatic heterocycles. The molecule has 0 saturated carbocycles. The highest BCUT2D eigenvalue weighted by Gasteiger charge is 2.12. The first kappa shape index (κ1) is 14.4. The molecule has 2 aromatic rings. The van der Waals surface area contributed by atoms with E-state index < -0.39 is 11.7 Å². The number of benzene rings is 1. The first-order chi connectivity index (χ1) is 9.51. The second-order valence-corrected chi connectivity index (χ2v) is 5.07. The average Bonchev–Trinajstić information content (AvgIpc) is 2.89.